The summed E-state index contributed by atoms with van der Waals surface area (Å²) in [5, 5.41) is 8.33. The van der Waals surface area contributed by atoms with E-state index in [0.717, 1.165) is 47.2 Å². The minimum atomic E-state index is -0.783. The minimum Gasteiger partial charge on any atom is -0.493 e. The molecule has 4 rings (SSSR count). The number of benzene rings is 3. The van der Waals surface area contributed by atoms with E-state index in [0.29, 0.717) is 82.4 Å². The van der Waals surface area contributed by atoms with E-state index in [1.165, 1.54) is 7.11 Å². The summed E-state index contributed by atoms with van der Waals surface area (Å²) in [5.74, 6) is 1.04. The predicted octanol–water partition coefficient (Wildman–Crippen LogP) is 8.25. The first-order chi connectivity index (χ1) is 31.0. The summed E-state index contributed by atoms with van der Waals surface area (Å²) < 4.78 is 33.8. The molecule has 0 saturated heterocycles. The average Bonchev–Trinajstić information content (AvgIpc) is 3.29. The number of unbranched alkanes of at least 4 members (excludes halogenated alkanes) is 3. The van der Waals surface area contributed by atoms with Crippen molar-refractivity contribution in [3.63, 3.8) is 0 Å². The molecule has 1 atom stereocenters. The van der Waals surface area contributed by atoms with Crippen LogP contribution < -0.4 is 30.2 Å². The Balaban J connectivity index is 1.19. The van der Waals surface area contributed by atoms with Crippen molar-refractivity contribution < 1.29 is 47.6 Å². The third kappa shape index (κ3) is 19.1. The molecule has 3 amide bonds. The molecule has 0 saturated carbocycles. The van der Waals surface area contributed by atoms with Gasteiger partial charge in [0, 0.05) is 50.2 Å². The molecule has 64 heavy (non-hydrogen) atoms. The first kappa shape index (κ1) is 50.5. The van der Waals surface area contributed by atoms with Crippen molar-refractivity contribution >= 4 is 23.9 Å². The predicted molar refractivity (Wildman–Crippen MR) is 246 cm³/mol. The van der Waals surface area contributed by atoms with Crippen LogP contribution in [0.1, 0.15) is 84.1 Å². The molecular weight excluding hydrogens is 817 g/mol. The smallest absolute Gasteiger partial charge is 0.408 e. The Kier molecular flexibility index (Phi) is 21.9. The lowest BCUT2D eigenvalue weighted by Crippen LogP contribution is -2.48. The lowest BCUT2D eigenvalue weighted by Gasteiger charge is -2.23. The average molecular weight is 883 g/mol. The molecule has 0 spiro atoms. The van der Waals surface area contributed by atoms with Gasteiger partial charge in [-0.1, -0.05) is 66.7 Å². The fourth-order valence-electron chi connectivity index (χ4n) is 6.59. The van der Waals surface area contributed by atoms with Gasteiger partial charge < -0.3 is 44.4 Å². The van der Waals surface area contributed by atoms with Gasteiger partial charge in [0.2, 0.25) is 17.7 Å². The molecule has 346 valence electrons. The summed E-state index contributed by atoms with van der Waals surface area (Å²) in [6.45, 7) is 7.61. The molecular formula is C50H66N4O10. The maximum Gasteiger partial charge on any atom is 0.408 e. The lowest BCUT2D eigenvalue weighted by atomic mass is 10.0. The van der Waals surface area contributed by atoms with Crippen LogP contribution in [-0.2, 0) is 35.0 Å². The van der Waals surface area contributed by atoms with Gasteiger partial charge in [0.1, 0.15) is 23.1 Å². The number of carbonyl (C=O) groups excluding carboxylic acids is 4. The number of rotatable bonds is 28. The molecule has 0 fully saturated rings. The highest BCUT2D eigenvalue weighted by molar-refractivity contribution is 5.85. The number of alkyl carbamates (subject to hydrolysis) is 1. The second kappa shape index (κ2) is 27.8. The quantitative estimate of drug-likeness (QED) is 0.0371. The first-order valence-corrected chi connectivity index (χ1v) is 22.2. The number of methoxy groups -OCH3 is 2. The zero-order chi connectivity index (χ0) is 46.0. The lowest BCUT2D eigenvalue weighted by molar-refractivity contribution is -0.140. The van der Waals surface area contributed by atoms with E-state index < -0.39 is 17.7 Å². The van der Waals surface area contributed by atoms with Crippen LogP contribution in [0, 0.1) is 0 Å². The molecule has 0 aliphatic rings. The number of pyridine rings is 1. The Morgan fingerprint density at radius 3 is 1.95 bits per heavy atom. The Morgan fingerprint density at radius 2 is 1.30 bits per heavy atom. The van der Waals surface area contributed by atoms with Gasteiger partial charge in [-0.3, -0.25) is 14.4 Å². The number of esters is 1. The van der Waals surface area contributed by atoms with E-state index in [-0.39, 0.29) is 37.2 Å². The summed E-state index contributed by atoms with van der Waals surface area (Å²) in [6.07, 6.45) is 4.64. The van der Waals surface area contributed by atoms with Gasteiger partial charge in [-0.15, -0.1) is 0 Å². The molecule has 1 unspecified atom stereocenters. The highest BCUT2D eigenvalue weighted by atomic mass is 16.6. The third-order valence-corrected chi connectivity index (χ3v) is 9.83. The van der Waals surface area contributed by atoms with Crippen molar-refractivity contribution in [1.82, 2.24) is 20.9 Å². The molecule has 14 nitrogen and oxygen atoms in total. The second-order valence-electron chi connectivity index (χ2n) is 16.2. The number of carbonyl (C=O) groups is 4. The minimum absolute atomic E-state index is 0.119. The second-order valence-corrected chi connectivity index (χ2v) is 16.2. The molecule has 0 bridgehead atoms. The molecule has 3 aromatic carbocycles. The maximum absolute atomic E-state index is 12.7. The summed E-state index contributed by atoms with van der Waals surface area (Å²) in [7, 11) is 2.90. The fraction of sp³-hybridized carbons (Fsp3) is 0.460. The van der Waals surface area contributed by atoms with Crippen molar-refractivity contribution in [3.05, 3.63) is 96.6 Å². The van der Waals surface area contributed by atoms with E-state index in [1.807, 2.05) is 72.8 Å². The van der Waals surface area contributed by atoms with Crippen LogP contribution in [0.2, 0.25) is 0 Å². The third-order valence-electron chi connectivity index (χ3n) is 9.83. The van der Waals surface area contributed by atoms with Crippen molar-refractivity contribution in [3.8, 4) is 39.8 Å². The van der Waals surface area contributed by atoms with Gasteiger partial charge in [-0.05, 0) is 101 Å². The Bertz CT molecular complexity index is 1970. The highest BCUT2D eigenvalue weighted by Crippen LogP contribution is 2.31. The van der Waals surface area contributed by atoms with E-state index in [9.17, 15) is 19.2 Å². The van der Waals surface area contributed by atoms with E-state index in [4.69, 9.17) is 33.4 Å². The Labute approximate surface area is 378 Å². The number of amides is 3. The van der Waals surface area contributed by atoms with Gasteiger partial charge in [0.15, 0.2) is 0 Å². The van der Waals surface area contributed by atoms with Crippen LogP contribution in [0.5, 0.6) is 17.4 Å². The van der Waals surface area contributed by atoms with Crippen molar-refractivity contribution in [2.24, 2.45) is 0 Å². The van der Waals surface area contributed by atoms with E-state index >= 15 is 0 Å². The van der Waals surface area contributed by atoms with Crippen LogP contribution in [0.3, 0.4) is 0 Å². The molecule has 4 aromatic rings. The van der Waals surface area contributed by atoms with E-state index in [1.54, 1.807) is 27.9 Å². The van der Waals surface area contributed by atoms with Crippen molar-refractivity contribution in [2.45, 2.75) is 96.6 Å². The SMILES string of the molecule is COCCNC(=O)C(CCCCNC(=O)CCCOc1cccc(OCCCCCOc2cc(-c3ccccc3)cc(-c3ccccc3)n2)c1CCC(=O)OC)NC(=O)OC(C)(C)C. The zero-order valence-corrected chi connectivity index (χ0v) is 38.1. The largest absolute Gasteiger partial charge is 0.493 e. The van der Waals surface area contributed by atoms with Crippen LogP contribution in [0.4, 0.5) is 4.79 Å². The number of hydrogen-bond acceptors (Lipinski definition) is 11. The van der Waals surface area contributed by atoms with Crippen LogP contribution >= 0.6 is 0 Å². The monoisotopic (exact) mass is 882 g/mol. The number of aromatic nitrogens is 1. The summed E-state index contributed by atoms with van der Waals surface area (Å²) >= 11 is 0. The van der Waals surface area contributed by atoms with Gasteiger partial charge in [0.05, 0.1) is 39.2 Å². The van der Waals surface area contributed by atoms with Gasteiger partial charge in [-0.25, -0.2) is 9.78 Å². The fourth-order valence-corrected chi connectivity index (χ4v) is 6.59. The summed E-state index contributed by atoms with van der Waals surface area (Å²) in [5.41, 5.74) is 4.09. The normalized spacial score (nSPS) is 11.5. The Morgan fingerprint density at radius 1 is 0.641 bits per heavy atom. The standard InChI is InChI=1S/C50H66N4O10/c1-50(2,3)64-49(58)54-41(48(57)52-30-34-59-4)23-13-14-29-51-45(55)26-18-33-62-44-25-17-24-43(40(44)27-28-47(56)60-5)61-31-15-8-16-32-63-46-36-39(37-19-9-6-10-20-37)35-42(53-46)38-21-11-7-12-22-38/h6-7,9-12,17,19-22,24-25,35-36,41H,8,13-16,18,23,26-34H2,1-5H3,(H,51,55)(H,52,57)(H,54,58). The van der Waals surface area contributed by atoms with Crippen LogP contribution in [0.15, 0.2) is 91.0 Å². The molecule has 3 N–H and O–H groups in total. The number of ether oxygens (including phenoxy) is 6. The van der Waals surface area contributed by atoms with Gasteiger partial charge in [-0.2, -0.15) is 0 Å². The molecule has 0 radical (unpaired) electrons. The number of hydrogen-bond donors (Lipinski definition) is 3. The van der Waals surface area contributed by atoms with Crippen molar-refractivity contribution in [2.75, 3.05) is 53.7 Å². The van der Waals surface area contributed by atoms with E-state index in [2.05, 4.69) is 34.1 Å². The molecule has 1 aromatic heterocycles. The summed E-state index contributed by atoms with van der Waals surface area (Å²) in [6, 6.07) is 29.1. The number of nitrogens with zero attached hydrogens (tertiary/aromatic N) is 1. The first-order valence-electron chi connectivity index (χ1n) is 22.2. The zero-order valence-electron chi connectivity index (χ0n) is 38.1. The maximum atomic E-state index is 12.7. The molecule has 0 aliphatic heterocycles. The molecule has 14 heteroatoms. The van der Waals surface area contributed by atoms with Crippen molar-refractivity contribution in [1.29, 1.82) is 0 Å². The molecule has 0 aliphatic carbocycles. The number of nitrogens with one attached hydrogen (secondary N) is 3. The highest BCUT2D eigenvalue weighted by Gasteiger charge is 2.24. The van der Waals surface area contributed by atoms with Crippen LogP contribution in [0.25, 0.3) is 22.4 Å². The van der Waals surface area contributed by atoms with Gasteiger partial charge in [0.25, 0.3) is 0 Å². The topological polar surface area (TPSA) is 173 Å². The molecule has 1 heterocycles. The summed E-state index contributed by atoms with van der Waals surface area (Å²) in [4.78, 5) is 54.6. The van der Waals surface area contributed by atoms with Crippen LogP contribution in [-0.4, -0.2) is 94.2 Å². The Hall–Kier alpha value is -6.15. The van der Waals surface area contributed by atoms with Gasteiger partial charge >= 0.3 is 12.1 Å².